The van der Waals surface area contributed by atoms with Crippen LogP contribution in [0.2, 0.25) is 0 Å². The summed E-state index contributed by atoms with van der Waals surface area (Å²) in [5.41, 5.74) is 1.32. The Hall–Kier alpha value is -0.870. The van der Waals surface area contributed by atoms with Gasteiger partial charge in [-0.2, -0.15) is 5.10 Å². The third kappa shape index (κ3) is 2.44. The zero-order valence-corrected chi connectivity index (χ0v) is 10.2. The van der Waals surface area contributed by atoms with E-state index >= 15 is 0 Å². The van der Waals surface area contributed by atoms with Gasteiger partial charge in [0.15, 0.2) is 0 Å². The standard InChI is InChI=1S/C12H21N3O/c1-12(10-16)5-3-7-15(9-12)8-11-4-6-13-14(11)2/h4,6,16H,3,5,7-10H2,1-2H3. The Morgan fingerprint density at radius 1 is 1.56 bits per heavy atom. The largest absolute Gasteiger partial charge is 0.396 e. The van der Waals surface area contributed by atoms with Crippen LogP contribution in [0.3, 0.4) is 0 Å². The van der Waals surface area contributed by atoms with Crippen molar-refractivity contribution < 1.29 is 5.11 Å². The molecule has 1 unspecified atom stereocenters. The predicted molar refractivity (Wildman–Crippen MR) is 62.9 cm³/mol. The fraction of sp³-hybridized carbons (Fsp3) is 0.750. The Morgan fingerprint density at radius 2 is 2.38 bits per heavy atom. The van der Waals surface area contributed by atoms with Crippen molar-refractivity contribution in [3.05, 3.63) is 18.0 Å². The summed E-state index contributed by atoms with van der Waals surface area (Å²) in [6, 6.07) is 2.06. The van der Waals surface area contributed by atoms with E-state index in [-0.39, 0.29) is 12.0 Å². The van der Waals surface area contributed by atoms with Crippen molar-refractivity contribution in [2.24, 2.45) is 12.5 Å². The van der Waals surface area contributed by atoms with E-state index in [1.54, 1.807) is 0 Å². The molecule has 2 rings (SSSR count). The fourth-order valence-electron chi connectivity index (χ4n) is 2.48. The Kier molecular flexibility index (Phi) is 3.30. The van der Waals surface area contributed by atoms with Crippen LogP contribution in [0, 0.1) is 5.41 Å². The summed E-state index contributed by atoms with van der Waals surface area (Å²) in [4.78, 5) is 2.41. The summed E-state index contributed by atoms with van der Waals surface area (Å²) in [6.45, 7) is 5.50. The molecule has 90 valence electrons. The molecule has 2 heterocycles. The summed E-state index contributed by atoms with van der Waals surface area (Å²) >= 11 is 0. The van der Waals surface area contributed by atoms with Gasteiger partial charge in [-0.3, -0.25) is 9.58 Å². The second-order valence-electron chi connectivity index (χ2n) is 5.23. The second-order valence-corrected chi connectivity index (χ2v) is 5.23. The predicted octanol–water partition coefficient (Wildman–Crippen LogP) is 1.01. The molecule has 16 heavy (non-hydrogen) atoms. The van der Waals surface area contributed by atoms with E-state index in [4.69, 9.17) is 0 Å². The van der Waals surface area contributed by atoms with Crippen molar-refractivity contribution in [1.29, 1.82) is 0 Å². The van der Waals surface area contributed by atoms with E-state index in [2.05, 4.69) is 23.0 Å². The molecule has 0 aromatic carbocycles. The molecule has 0 bridgehead atoms. The molecule has 4 heteroatoms. The minimum absolute atomic E-state index is 0.0802. The lowest BCUT2D eigenvalue weighted by Crippen LogP contribution is -2.43. The van der Waals surface area contributed by atoms with Crippen LogP contribution < -0.4 is 0 Å². The Bertz CT molecular complexity index is 350. The highest BCUT2D eigenvalue weighted by molar-refractivity contribution is 5.00. The number of hydrogen-bond acceptors (Lipinski definition) is 3. The molecule has 1 saturated heterocycles. The zero-order valence-electron chi connectivity index (χ0n) is 10.2. The van der Waals surface area contributed by atoms with Gasteiger partial charge in [0.05, 0.1) is 5.69 Å². The number of aliphatic hydroxyl groups is 1. The SMILES string of the molecule is Cn1nccc1CN1CCCC(C)(CO)C1. The number of rotatable bonds is 3. The van der Waals surface area contributed by atoms with Crippen LogP contribution >= 0.6 is 0 Å². The summed E-state index contributed by atoms with van der Waals surface area (Å²) < 4.78 is 1.92. The third-order valence-electron chi connectivity index (χ3n) is 3.55. The Balaban J connectivity index is 1.98. The lowest BCUT2D eigenvalue weighted by atomic mass is 9.83. The summed E-state index contributed by atoms with van der Waals surface area (Å²) in [5, 5.41) is 13.6. The van der Waals surface area contributed by atoms with Crippen LogP contribution in [0.15, 0.2) is 12.3 Å². The maximum Gasteiger partial charge on any atom is 0.0521 e. The highest BCUT2D eigenvalue weighted by Gasteiger charge is 2.30. The molecular weight excluding hydrogens is 202 g/mol. The first kappa shape index (κ1) is 11.6. The highest BCUT2D eigenvalue weighted by Crippen LogP contribution is 2.29. The lowest BCUT2D eigenvalue weighted by Gasteiger charge is -2.39. The van der Waals surface area contributed by atoms with Crippen molar-refractivity contribution >= 4 is 0 Å². The van der Waals surface area contributed by atoms with Gasteiger partial charge in [0.1, 0.15) is 0 Å². The van der Waals surface area contributed by atoms with E-state index in [1.807, 2.05) is 17.9 Å². The number of likely N-dealkylation sites (tertiary alicyclic amines) is 1. The smallest absolute Gasteiger partial charge is 0.0521 e. The van der Waals surface area contributed by atoms with E-state index in [0.29, 0.717) is 0 Å². The van der Waals surface area contributed by atoms with Gasteiger partial charge in [-0.1, -0.05) is 6.92 Å². The van der Waals surface area contributed by atoms with E-state index in [0.717, 1.165) is 26.1 Å². The molecule has 0 spiro atoms. The second kappa shape index (κ2) is 4.55. The van der Waals surface area contributed by atoms with Crippen LogP contribution in [0.1, 0.15) is 25.5 Å². The number of aryl methyl sites for hydroxylation is 1. The highest BCUT2D eigenvalue weighted by atomic mass is 16.3. The van der Waals surface area contributed by atoms with Gasteiger partial charge in [0, 0.05) is 38.4 Å². The fourth-order valence-corrected chi connectivity index (χ4v) is 2.48. The number of aromatic nitrogens is 2. The molecule has 1 atom stereocenters. The van der Waals surface area contributed by atoms with Crippen LogP contribution in [0.5, 0.6) is 0 Å². The van der Waals surface area contributed by atoms with Crippen molar-refractivity contribution in [2.75, 3.05) is 19.7 Å². The Morgan fingerprint density at radius 3 is 3.00 bits per heavy atom. The van der Waals surface area contributed by atoms with E-state index in [1.165, 1.54) is 12.1 Å². The molecule has 1 aromatic heterocycles. The molecule has 1 aliphatic rings. The van der Waals surface area contributed by atoms with Crippen LogP contribution in [-0.4, -0.2) is 39.5 Å². The van der Waals surface area contributed by atoms with Crippen molar-refractivity contribution in [3.63, 3.8) is 0 Å². The molecule has 1 fully saturated rings. The zero-order chi connectivity index (χ0) is 11.6. The molecule has 0 radical (unpaired) electrons. The molecule has 1 aliphatic heterocycles. The number of aliphatic hydroxyl groups excluding tert-OH is 1. The molecule has 1 N–H and O–H groups in total. The molecule has 0 aliphatic carbocycles. The van der Waals surface area contributed by atoms with Gasteiger partial charge in [-0.15, -0.1) is 0 Å². The van der Waals surface area contributed by atoms with Gasteiger partial charge in [0.25, 0.3) is 0 Å². The number of nitrogens with zero attached hydrogens (tertiary/aromatic N) is 3. The van der Waals surface area contributed by atoms with Crippen LogP contribution in [0.25, 0.3) is 0 Å². The van der Waals surface area contributed by atoms with E-state index in [9.17, 15) is 5.11 Å². The average molecular weight is 223 g/mol. The lowest BCUT2D eigenvalue weighted by molar-refractivity contribution is 0.0418. The van der Waals surface area contributed by atoms with Crippen molar-refractivity contribution in [1.82, 2.24) is 14.7 Å². The molecule has 0 amide bonds. The van der Waals surface area contributed by atoms with Gasteiger partial charge in [-0.05, 0) is 25.5 Å². The summed E-state index contributed by atoms with van der Waals surface area (Å²) in [6.07, 6.45) is 4.14. The van der Waals surface area contributed by atoms with E-state index < -0.39 is 0 Å². The monoisotopic (exact) mass is 223 g/mol. The topological polar surface area (TPSA) is 41.3 Å². The van der Waals surface area contributed by atoms with Gasteiger partial charge in [0.2, 0.25) is 0 Å². The molecular formula is C12H21N3O. The van der Waals surface area contributed by atoms with Gasteiger partial charge >= 0.3 is 0 Å². The van der Waals surface area contributed by atoms with Crippen molar-refractivity contribution in [3.8, 4) is 0 Å². The summed E-state index contributed by atoms with van der Waals surface area (Å²) in [7, 11) is 1.98. The maximum absolute atomic E-state index is 9.40. The van der Waals surface area contributed by atoms with Crippen LogP contribution in [-0.2, 0) is 13.6 Å². The van der Waals surface area contributed by atoms with Crippen LogP contribution in [0.4, 0.5) is 0 Å². The first-order valence-corrected chi connectivity index (χ1v) is 5.93. The number of piperidine rings is 1. The molecule has 4 nitrogen and oxygen atoms in total. The minimum atomic E-state index is 0.0802. The quantitative estimate of drug-likeness (QED) is 0.831. The third-order valence-corrected chi connectivity index (χ3v) is 3.55. The van der Waals surface area contributed by atoms with Gasteiger partial charge < -0.3 is 5.11 Å². The normalized spacial score (nSPS) is 27.2. The first-order chi connectivity index (χ1) is 7.63. The average Bonchev–Trinajstić information content (AvgIpc) is 2.65. The Labute approximate surface area is 96.9 Å². The van der Waals surface area contributed by atoms with Gasteiger partial charge in [-0.25, -0.2) is 0 Å². The molecule has 0 saturated carbocycles. The maximum atomic E-state index is 9.40. The van der Waals surface area contributed by atoms with Crippen molar-refractivity contribution in [2.45, 2.75) is 26.3 Å². The molecule has 1 aromatic rings. The summed E-state index contributed by atoms with van der Waals surface area (Å²) in [5.74, 6) is 0. The minimum Gasteiger partial charge on any atom is -0.396 e. The number of hydrogen-bond donors (Lipinski definition) is 1. The first-order valence-electron chi connectivity index (χ1n) is 5.93.